The first kappa shape index (κ1) is 14.7. The van der Waals surface area contributed by atoms with Crippen molar-refractivity contribution in [2.24, 2.45) is 5.92 Å². The molecule has 1 N–H and O–H groups in total. The standard InChI is InChI=1S/C17H24N2O2S/c20-17(18-10-14-5-2-8-22-14)15-9-12-6-7-19(11-16(12)21-15)13-3-1-4-13/h2,5,8,12-13,15-16H,1,3-4,6-7,9-11H2,(H,18,20)/t12-,15-,16+/m0/s1. The summed E-state index contributed by atoms with van der Waals surface area (Å²) in [7, 11) is 0. The number of fused-ring (bicyclic) bond motifs is 1. The molecule has 1 aliphatic carbocycles. The normalized spacial score (nSPS) is 32.5. The zero-order valence-electron chi connectivity index (χ0n) is 12.9. The number of likely N-dealkylation sites (tertiary alicyclic amines) is 1. The van der Waals surface area contributed by atoms with Crippen LogP contribution in [0.4, 0.5) is 0 Å². The minimum atomic E-state index is -0.240. The molecule has 3 heterocycles. The van der Waals surface area contributed by atoms with Gasteiger partial charge in [0.05, 0.1) is 12.6 Å². The minimum absolute atomic E-state index is 0.0676. The molecule has 120 valence electrons. The summed E-state index contributed by atoms with van der Waals surface area (Å²) in [6.45, 7) is 2.85. The fourth-order valence-corrected chi connectivity index (χ4v) is 4.55. The molecular formula is C17H24N2O2S. The quantitative estimate of drug-likeness (QED) is 0.926. The highest BCUT2D eigenvalue weighted by atomic mass is 32.1. The first-order valence-electron chi connectivity index (χ1n) is 8.49. The van der Waals surface area contributed by atoms with Crippen molar-refractivity contribution in [2.75, 3.05) is 13.1 Å². The molecule has 5 heteroatoms. The zero-order chi connectivity index (χ0) is 14.9. The van der Waals surface area contributed by atoms with E-state index in [9.17, 15) is 4.79 Å². The molecule has 0 bridgehead atoms. The Morgan fingerprint density at radius 2 is 2.32 bits per heavy atom. The van der Waals surface area contributed by atoms with Crippen LogP contribution in [0.5, 0.6) is 0 Å². The van der Waals surface area contributed by atoms with Crippen LogP contribution in [0.3, 0.4) is 0 Å². The Kier molecular flexibility index (Phi) is 4.20. The fourth-order valence-electron chi connectivity index (χ4n) is 3.91. The second-order valence-corrected chi connectivity index (χ2v) is 7.86. The van der Waals surface area contributed by atoms with E-state index in [-0.39, 0.29) is 18.1 Å². The topological polar surface area (TPSA) is 41.6 Å². The van der Waals surface area contributed by atoms with Crippen molar-refractivity contribution >= 4 is 17.2 Å². The highest BCUT2D eigenvalue weighted by Gasteiger charge is 2.43. The molecule has 2 aliphatic heterocycles. The van der Waals surface area contributed by atoms with Gasteiger partial charge in [-0.2, -0.15) is 0 Å². The number of carbonyl (C=O) groups excluding carboxylic acids is 1. The van der Waals surface area contributed by atoms with E-state index in [1.165, 1.54) is 37.1 Å². The number of piperidine rings is 1. The molecule has 0 spiro atoms. The van der Waals surface area contributed by atoms with E-state index in [4.69, 9.17) is 4.74 Å². The van der Waals surface area contributed by atoms with Gasteiger partial charge < -0.3 is 10.1 Å². The molecule has 4 nitrogen and oxygen atoms in total. The van der Waals surface area contributed by atoms with Crippen molar-refractivity contribution in [1.29, 1.82) is 0 Å². The van der Waals surface area contributed by atoms with E-state index in [0.717, 1.165) is 19.0 Å². The van der Waals surface area contributed by atoms with Gasteiger partial charge in [-0.3, -0.25) is 9.69 Å². The Balaban J connectivity index is 1.29. The number of carbonyl (C=O) groups is 1. The van der Waals surface area contributed by atoms with Crippen molar-refractivity contribution in [2.45, 2.75) is 56.9 Å². The summed E-state index contributed by atoms with van der Waals surface area (Å²) in [6.07, 6.45) is 6.20. The van der Waals surface area contributed by atoms with Gasteiger partial charge in [-0.1, -0.05) is 12.5 Å². The van der Waals surface area contributed by atoms with E-state index in [1.807, 2.05) is 11.4 Å². The summed E-state index contributed by atoms with van der Waals surface area (Å²) < 4.78 is 6.10. The van der Waals surface area contributed by atoms with Crippen molar-refractivity contribution < 1.29 is 9.53 Å². The number of nitrogens with zero attached hydrogens (tertiary/aromatic N) is 1. The molecule has 1 aromatic rings. The lowest BCUT2D eigenvalue weighted by Gasteiger charge is -2.43. The molecule has 1 amide bonds. The van der Waals surface area contributed by atoms with E-state index < -0.39 is 0 Å². The number of thiophene rings is 1. The van der Waals surface area contributed by atoms with Crippen molar-refractivity contribution in [3.8, 4) is 0 Å². The zero-order valence-corrected chi connectivity index (χ0v) is 13.7. The van der Waals surface area contributed by atoms with Crippen LogP contribution < -0.4 is 5.32 Å². The van der Waals surface area contributed by atoms with Gasteiger partial charge in [0.2, 0.25) is 5.91 Å². The molecule has 3 atom stereocenters. The summed E-state index contributed by atoms with van der Waals surface area (Å²) >= 11 is 1.68. The van der Waals surface area contributed by atoms with Crippen molar-refractivity contribution in [3.63, 3.8) is 0 Å². The van der Waals surface area contributed by atoms with Gasteiger partial charge in [-0.15, -0.1) is 11.3 Å². The Hall–Kier alpha value is -0.910. The molecule has 1 saturated carbocycles. The Morgan fingerprint density at radius 1 is 1.41 bits per heavy atom. The SMILES string of the molecule is O=C(NCc1cccs1)[C@@H]1C[C@@H]2CCN(C3CCC3)C[C@H]2O1. The van der Waals surface area contributed by atoms with Crippen LogP contribution in [0.25, 0.3) is 0 Å². The van der Waals surface area contributed by atoms with E-state index in [2.05, 4.69) is 16.3 Å². The smallest absolute Gasteiger partial charge is 0.249 e. The average Bonchev–Trinajstić information content (AvgIpc) is 3.11. The van der Waals surface area contributed by atoms with Gasteiger partial charge in [0.1, 0.15) is 6.10 Å². The summed E-state index contributed by atoms with van der Waals surface area (Å²) in [5.74, 6) is 0.645. The Bertz CT molecular complexity index is 515. The summed E-state index contributed by atoms with van der Waals surface area (Å²) in [5.41, 5.74) is 0. The minimum Gasteiger partial charge on any atom is -0.364 e. The molecule has 22 heavy (non-hydrogen) atoms. The molecule has 3 aliphatic rings. The van der Waals surface area contributed by atoms with Crippen molar-refractivity contribution in [1.82, 2.24) is 10.2 Å². The van der Waals surface area contributed by atoms with Crippen LogP contribution in [-0.4, -0.2) is 42.1 Å². The average molecular weight is 320 g/mol. The van der Waals surface area contributed by atoms with Gasteiger partial charge in [-0.05, 0) is 49.6 Å². The molecule has 2 saturated heterocycles. The van der Waals surface area contributed by atoms with E-state index in [0.29, 0.717) is 12.5 Å². The lowest BCUT2D eigenvalue weighted by molar-refractivity contribution is -0.133. The van der Waals surface area contributed by atoms with Crippen LogP contribution >= 0.6 is 11.3 Å². The van der Waals surface area contributed by atoms with Crippen LogP contribution in [0, 0.1) is 5.92 Å². The van der Waals surface area contributed by atoms with Crippen molar-refractivity contribution in [3.05, 3.63) is 22.4 Å². The third-order valence-corrected chi connectivity index (χ3v) is 6.36. The van der Waals surface area contributed by atoms with Crippen LogP contribution in [-0.2, 0) is 16.1 Å². The molecule has 0 radical (unpaired) electrons. The molecule has 3 fully saturated rings. The Morgan fingerprint density at radius 3 is 3.05 bits per heavy atom. The molecule has 0 aromatic carbocycles. The van der Waals surface area contributed by atoms with Gasteiger partial charge in [0.25, 0.3) is 0 Å². The molecule has 4 rings (SSSR count). The van der Waals surface area contributed by atoms with Gasteiger partial charge >= 0.3 is 0 Å². The maximum Gasteiger partial charge on any atom is 0.249 e. The van der Waals surface area contributed by atoms with Gasteiger partial charge in [0.15, 0.2) is 0 Å². The predicted octanol–water partition coefficient (Wildman–Crippen LogP) is 2.40. The summed E-state index contributed by atoms with van der Waals surface area (Å²) in [6, 6.07) is 4.86. The third-order valence-electron chi connectivity index (χ3n) is 5.48. The first-order chi connectivity index (χ1) is 10.8. The number of nitrogens with one attached hydrogen (secondary N) is 1. The first-order valence-corrected chi connectivity index (χ1v) is 9.37. The summed E-state index contributed by atoms with van der Waals surface area (Å²) in [5, 5.41) is 5.06. The maximum absolute atomic E-state index is 12.3. The van der Waals surface area contributed by atoms with E-state index in [1.54, 1.807) is 11.3 Å². The lowest BCUT2D eigenvalue weighted by Crippen LogP contribution is -2.49. The number of hydrogen-bond acceptors (Lipinski definition) is 4. The largest absolute Gasteiger partial charge is 0.364 e. The number of rotatable bonds is 4. The predicted molar refractivity (Wildman–Crippen MR) is 86.8 cm³/mol. The lowest BCUT2D eigenvalue weighted by atomic mass is 9.86. The number of hydrogen-bond donors (Lipinski definition) is 1. The Labute approximate surface area is 135 Å². The second-order valence-electron chi connectivity index (χ2n) is 6.82. The van der Waals surface area contributed by atoms with E-state index >= 15 is 0 Å². The van der Waals surface area contributed by atoms with Crippen LogP contribution in [0.1, 0.15) is 37.0 Å². The second kappa shape index (κ2) is 6.30. The highest BCUT2D eigenvalue weighted by molar-refractivity contribution is 7.09. The molecule has 0 unspecified atom stereocenters. The molecular weight excluding hydrogens is 296 g/mol. The van der Waals surface area contributed by atoms with Gasteiger partial charge in [0, 0.05) is 17.5 Å². The highest BCUT2D eigenvalue weighted by Crippen LogP contribution is 2.36. The third kappa shape index (κ3) is 2.94. The molecule has 1 aromatic heterocycles. The van der Waals surface area contributed by atoms with Gasteiger partial charge in [-0.25, -0.2) is 0 Å². The number of ether oxygens (including phenoxy) is 1. The van der Waals surface area contributed by atoms with Crippen LogP contribution in [0.15, 0.2) is 17.5 Å². The monoisotopic (exact) mass is 320 g/mol. The fraction of sp³-hybridized carbons (Fsp3) is 0.706. The van der Waals surface area contributed by atoms with Crippen LogP contribution in [0.2, 0.25) is 0 Å². The summed E-state index contributed by atoms with van der Waals surface area (Å²) in [4.78, 5) is 16.1. The maximum atomic E-state index is 12.3. The number of amides is 1.